The van der Waals surface area contributed by atoms with E-state index in [1.165, 1.54) is 0 Å². The minimum absolute atomic E-state index is 0.169. The molecule has 0 heterocycles. The van der Waals surface area contributed by atoms with E-state index in [-0.39, 0.29) is 5.41 Å². The Morgan fingerprint density at radius 2 is 1.92 bits per heavy atom. The normalized spacial score (nSPS) is 12.1. The fraction of sp³-hybridized carbons (Fsp3) is 0.611. The van der Waals surface area contributed by atoms with Gasteiger partial charge in [0.25, 0.3) is 0 Å². The number of hydrogen-bond donors (Lipinski definition) is 2. The third kappa shape index (κ3) is 6.28. The molecule has 0 saturated carbocycles. The monoisotopic (exact) mass is 337 g/mol. The Balaban J connectivity index is 2.63. The third-order valence-electron chi connectivity index (χ3n) is 3.79. The zero-order chi connectivity index (χ0) is 18.0. The molecular formula is C18H31N3O3. The third-order valence-corrected chi connectivity index (χ3v) is 3.79. The SMILES string of the molecule is CCOCCCNC(N)=NCC(C)(C)c1ccc(OC)c(OC)c1. The van der Waals surface area contributed by atoms with Gasteiger partial charge >= 0.3 is 0 Å². The number of benzene rings is 1. The van der Waals surface area contributed by atoms with Crippen LogP contribution in [0.2, 0.25) is 0 Å². The van der Waals surface area contributed by atoms with Crippen molar-refractivity contribution in [3.63, 3.8) is 0 Å². The molecule has 0 bridgehead atoms. The standard InChI is InChI=1S/C18H31N3O3/c1-6-24-11-7-10-20-17(19)21-13-18(2,3)14-8-9-15(22-4)16(12-14)23-5/h8-9,12H,6-7,10-11,13H2,1-5H3,(H3,19,20,21). The van der Waals surface area contributed by atoms with Gasteiger partial charge in [0.2, 0.25) is 0 Å². The molecule has 0 amide bonds. The lowest BCUT2D eigenvalue weighted by Crippen LogP contribution is -2.34. The van der Waals surface area contributed by atoms with Crippen LogP contribution < -0.4 is 20.5 Å². The molecule has 0 aromatic heterocycles. The van der Waals surface area contributed by atoms with Crippen LogP contribution in [0, 0.1) is 0 Å². The lowest BCUT2D eigenvalue weighted by atomic mass is 9.84. The molecular weight excluding hydrogens is 306 g/mol. The van der Waals surface area contributed by atoms with Gasteiger partial charge in [-0.3, -0.25) is 4.99 Å². The molecule has 1 aromatic rings. The number of rotatable bonds is 10. The number of hydrogen-bond acceptors (Lipinski definition) is 4. The van der Waals surface area contributed by atoms with Crippen LogP contribution in [0.4, 0.5) is 0 Å². The van der Waals surface area contributed by atoms with Crippen LogP contribution in [-0.2, 0) is 10.2 Å². The lowest BCUT2D eigenvalue weighted by Gasteiger charge is -2.24. The molecule has 0 radical (unpaired) electrons. The quantitative estimate of drug-likeness (QED) is 0.389. The highest BCUT2D eigenvalue weighted by molar-refractivity contribution is 5.77. The van der Waals surface area contributed by atoms with Crippen LogP contribution >= 0.6 is 0 Å². The summed E-state index contributed by atoms with van der Waals surface area (Å²) >= 11 is 0. The summed E-state index contributed by atoms with van der Waals surface area (Å²) in [6, 6.07) is 5.93. The zero-order valence-electron chi connectivity index (χ0n) is 15.5. The molecule has 0 saturated heterocycles. The summed E-state index contributed by atoms with van der Waals surface area (Å²) in [5.41, 5.74) is 6.88. The minimum Gasteiger partial charge on any atom is -0.493 e. The second-order valence-corrected chi connectivity index (χ2v) is 6.13. The average Bonchev–Trinajstić information content (AvgIpc) is 2.59. The van der Waals surface area contributed by atoms with Gasteiger partial charge < -0.3 is 25.3 Å². The molecule has 24 heavy (non-hydrogen) atoms. The van der Waals surface area contributed by atoms with E-state index < -0.39 is 0 Å². The molecule has 0 fully saturated rings. The van der Waals surface area contributed by atoms with Crippen molar-refractivity contribution >= 4 is 5.96 Å². The van der Waals surface area contributed by atoms with Gasteiger partial charge in [-0.25, -0.2) is 0 Å². The fourth-order valence-corrected chi connectivity index (χ4v) is 2.22. The van der Waals surface area contributed by atoms with Gasteiger partial charge in [-0.2, -0.15) is 0 Å². The maximum Gasteiger partial charge on any atom is 0.188 e. The summed E-state index contributed by atoms with van der Waals surface area (Å²) in [5, 5.41) is 3.11. The molecule has 0 atom stereocenters. The van der Waals surface area contributed by atoms with Crippen LogP contribution in [0.1, 0.15) is 32.8 Å². The van der Waals surface area contributed by atoms with E-state index in [0.717, 1.165) is 37.5 Å². The zero-order valence-corrected chi connectivity index (χ0v) is 15.5. The smallest absolute Gasteiger partial charge is 0.188 e. The number of ether oxygens (including phenoxy) is 3. The van der Waals surface area contributed by atoms with E-state index >= 15 is 0 Å². The predicted molar refractivity (Wildman–Crippen MR) is 98.2 cm³/mol. The van der Waals surface area contributed by atoms with Crippen molar-refractivity contribution in [2.75, 3.05) is 40.5 Å². The van der Waals surface area contributed by atoms with Crippen LogP contribution in [-0.4, -0.2) is 46.5 Å². The molecule has 0 aliphatic heterocycles. The summed E-state index contributed by atoms with van der Waals surface area (Å²) in [4.78, 5) is 4.46. The Morgan fingerprint density at radius 3 is 2.54 bits per heavy atom. The molecule has 0 aliphatic rings. The minimum atomic E-state index is -0.169. The Labute approximate surface area is 145 Å². The molecule has 0 unspecified atom stereocenters. The topological polar surface area (TPSA) is 78.1 Å². The first-order valence-corrected chi connectivity index (χ1v) is 8.28. The fourth-order valence-electron chi connectivity index (χ4n) is 2.22. The number of nitrogens with zero attached hydrogens (tertiary/aromatic N) is 1. The van der Waals surface area contributed by atoms with Crippen molar-refractivity contribution in [2.45, 2.75) is 32.6 Å². The summed E-state index contributed by atoms with van der Waals surface area (Å²) in [5.74, 6) is 1.89. The number of aliphatic imine (C=N–C) groups is 1. The highest BCUT2D eigenvalue weighted by atomic mass is 16.5. The van der Waals surface area contributed by atoms with E-state index in [2.05, 4.69) is 24.2 Å². The van der Waals surface area contributed by atoms with Crippen molar-refractivity contribution < 1.29 is 14.2 Å². The Hall–Kier alpha value is -1.95. The molecule has 1 rings (SSSR count). The van der Waals surface area contributed by atoms with E-state index in [9.17, 15) is 0 Å². The van der Waals surface area contributed by atoms with Crippen LogP contribution in [0.3, 0.4) is 0 Å². The van der Waals surface area contributed by atoms with Crippen LogP contribution in [0.5, 0.6) is 11.5 Å². The molecule has 0 aliphatic carbocycles. The lowest BCUT2D eigenvalue weighted by molar-refractivity contribution is 0.145. The van der Waals surface area contributed by atoms with Crippen LogP contribution in [0.15, 0.2) is 23.2 Å². The molecule has 6 heteroatoms. The summed E-state index contributed by atoms with van der Waals surface area (Å²) < 4.78 is 15.9. The molecule has 0 spiro atoms. The number of nitrogens with one attached hydrogen (secondary N) is 1. The van der Waals surface area contributed by atoms with Crippen molar-refractivity contribution in [1.29, 1.82) is 0 Å². The van der Waals surface area contributed by atoms with Gasteiger partial charge in [0, 0.05) is 25.2 Å². The second kappa shape index (κ2) is 10.0. The van der Waals surface area contributed by atoms with E-state index in [1.807, 2.05) is 25.1 Å². The molecule has 1 aromatic carbocycles. The number of methoxy groups -OCH3 is 2. The predicted octanol–water partition coefficient (Wildman–Crippen LogP) is 2.31. The van der Waals surface area contributed by atoms with Crippen molar-refractivity contribution in [1.82, 2.24) is 5.32 Å². The summed E-state index contributed by atoms with van der Waals surface area (Å²) in [6.45, 7) is 9.04. The van der Waals surface area contributed by atoms with Crippen molar-refractivity contribution in [3.8, 4) is 11.5 Å². The first-order valence-electron chi connectivity index (χ1n) is 8.28. The average molecular weight is 337 g/mol. The second-order valence-electron chi connectivity index (χ2n) is 6.13. The molecule has 136 valence electrons. The van der Waals surface area contributed by atoms with Gasteiger partial charge in [-0.05, 0) is 31.0 Å². The van der Waals surface area contributed by atoms with Gasteiger partial charge in [-0.1, -0.05) is 19.9 Å². The summed E-state index contributed by atoms with van der Waals surface area (Å²) in [7, 11) is 3.27. The maximum absolute atomic E-state index is 5.93. The molecule has 6 nitrogen and oxygen atoms in total. The largest absolute Gasteiger partial charge is 0.493 e. The van der Waals surface area contributed by atoms with Crippen molar-refractivity contribution in [3.05, 3.63) is 23.8 Å². The van der Waals surface area contributed by atoms with Gasteiger partial charge in [-0.15, -0.1) is 0 Å². The Kier molecular flexibility index (Phi) is 8.40. The Bertz CT molecular complexity index is 530. The van der Waals surface area contributed by atoms with Crippen molar-refractivity contribution in [2.24, 2.45) is 10.7 Å². The van der Waals surface area contributed by atoms with E-state index in [4.69, 9.17) is 19.9 Å². The van der Waals surface area contributed by atoms with E-state index in [0.29, 0.717) is 18.3 Å². The number of guanidine groups is 1. The number of nitrogens with two attached hydrogens (primary N) is 1. The highest BCUT2D eigenvalue weighted by Crippen LogP contribution is 2.33. The molecule has 3 N–H and O–H groups in total. The summed E-state index contributed by atoms with van der Waals surface area (Å²) in [6.07, 6.45) is 0.906. The highest BCUT2D eigenvalue weighted by Gasteiger charge is 2.22. The Morgan fingerprint density at radius 1 is 1.21 bits per heavy atom. The van der Waals surface area contributed by atoms with Gasteiger partial charge in [0.1, 0.15) is 0 Å². The van der Waals surface area contributed by atoms with Gasteiger partial charge in [0.15, 0.2) is 17.5 Å². The van der Waals surface area contributed by atoms with Gasteiger partial charge in [0.05, 0.1) is 20.8 Å². The maximum atomic E-state index is 5.93. The van der Waals surface area contributed by atoms with Crippen LogP contribution in [0.25, 0.3) is 0 Å². The first kappa shape index (κ1) is 20.1. The first-order chi connectivity index (χ1) is 11.4. The van der Waals surface area contributed by atoms with E-state index in [1.54, 1.807) is 14.2 Å².